The first kappa shape index (κ1) is 19.3. The highest BCUT2D eigenvalue weighted by atomic mass is 32.2. The van der Waals surface area contributed by atoms with Crippen molar-refractivity contribution in [3.63, 3.8) is 0 Å². The van der Waals surface area contributed by atoms with Gasteiger partial charge in [0.2, 0.25) is 5.82 Å². The van der Waals surface area contributed by atoms with Gasteiger partial charge in [0.05, 0.1) is 11.1 Å². The Morgan fingerprint density at radius 3 is 2.64 bits per heavy atom. The zero-order valence-electron chi connectivity index (χ0n) is 15.0. The van der Waals surface area contributed by atoms with Gasteiger partial charge in [-0.1, -0.05) is 12.5 Å². The van der Waals surface area contributed by atoms with Crippen LogP contribution in [0.25, 0.3) is 15.9 Å². The average Bonchev–Trinajstić information content (AvgIpc) is 2.83. The minimum atomic E-state index is -4.80. The second-order valence-corrected chi connectivity index (χ2v) is 9.23. The molecule has 0 bridgehead atoms. The average molecular weight is 426 g/mol. The van der Waals surface area contributed by atoms with Gasteiger partial charge in [0.15, 0.2) is 0 Å². The van der Waals surface area contributed by atoms with E-state index < -0.39 is 28.4 Å². The van der Waals surface area contributed by atoms with Crippen molar-refractivity contribution in [3.05, 3.63) is 50.9 Å². The zero-order valence-corrected chi connectivity index (χ0v) is 16.6. The molecule has 0 aliphatic heterocycles. The molecule has 0 spiro atoms. The maximum absolute atomic E-state index is 13.8. The lowest BCUT2D eigenvalue weighted by molar-refractivity contribution is -0.146. The van der Waals surface area contributed by atoms with Gasteiger partial charge in [-0.25, -0.2) is 4.98 Å². The van der Waals surface area contributed by atoms with Crippen molar-refractivity contribution in [2.24, 2.45) is 0 Å². The molecule has 1 aliphatic carbocycles. The minimum Gasteiger partial charge on any atom is -0.268 e. The summed E-state index contributed by atoms with van der Waals surface area (Å²) in [6, 6.07) is 5.81. The highest BCUT2D eigenvalue weighted by Gasteiger charge is 2.38. The summed E-state index contributed by atoms with van der Waals surface area (Å²) < 4.78 is 53.7. The van der Waals surface area contributed by atoms with Gasteiger partial charge in [-0.05, 0) is 49.4 Å². The minimum absolute atomic E-state index is 0.0213. The molecular weight excluding hydrogens is 409 g/mol. The predicted molar refractivity (Wildman–Crippen MR) is 104 cm³/mol. The van der Waals surface area contributed by atoms with Crippen molar-refractivity contribution >= 4 is 32.4 Å². The monoisotopic (exact) mass is 426 g/mol. The van der Waals surface area contributed by atoms with Crippen molar-refractivity contribution in [3.8, 4) is 5.69 Å². The standard InChI is InChI=1S/C19H17F3N2O2S2/c1-28(26)12-7-5-6-11(10-12)24-17(25)15-13-8-3-2-4-9-14(13)27-16(15)23-18(24)19(20,21)22/h5-7,10H,2-4,8-9H2,1H3. The van der Waals surface area contributed by atoms with E-state index in [2.05, 4.69) is 4.98 Å². The molecule has 1 aromatic carbocycles. The molecule has 28 heavy (non-hydrogen) atoms. The number of rotatable bonds is 2. The maximum Gasteiger partial charge on any atom is 0.450 e. The molecule has 0 saturated carbocycles. The number of fused-ring (bicyclic) bond motifs is 3. The lowest BCUT2D eigenvalue weighted by Crippen LogP contribution is -2.28. The number of hydrogen-bond donors (Lipinski definition) is 0. The molecule has 0 amide bonds. The molecule has 1 atom stereocenters. The lowest BCUT2D eigenvalue weighted by atomic mass is 10.1. The van der Waals surface area contributed by atoms with Gasteiger partial charge in [0, 0.05) is 26.8 Å². The van der Waals surface area contributed by atoms with E-state index in [0.29, 0.717) is 15.9 Å². The van der Waals surface area contributed by atoms with Crippen LogP contribution < -0.4 is 5.56 Å². The van der Waals surface area contributed by atoms with E-state index in [-0.39, 0.29) is 15.9 Å². The molecule has 1 unspecified atom stereocenters. The molecule has 4 nitrogen and oxygen atoms in total. The van der Waals surface area contributed by atoms with Crippen molar-refractivity contribution < 1.29 is 17.4 Å². The lowest BCUT2D eigenvalue weighted by Gasteiger charge is -2.15. The van der Waals surface area contributed by atoms with Crippen molar-refractivity contribution in [2.45, 2.75) is 43.2 Å². The third kappa shape index (κ3) is 3.30. The Labute approximate surface area is 165 Å². The van der Waals surface area contributed by atoms with E-state index in [1.54, 1.807) is 6.07 Å². The van der Waals surface area contributed by atoms with Gasteiger partial charge in [-0.3, -0.25) is 13.6 Å². The number of aryl methyl sites for hydroxylation is 2. The van der Waals surface area contributed by atoms with Crippen LogP contribution in [0.5, 0.6) is 0 Å². The fourth-order valence-corrected chi connectivity index (χ4v) is 5.42. The normalized spacial score (nSPS) is 16.0. The molecule has 0 fully saturated rings. The summed E-state index contributed by atoms with van der Waals surface area (Å²) in [5, 5.41) is 0.290. The molecule has 9 heteroatoms. The second-order valence-electron chi connectivity index (χ2n) is 6.77. The van der Waals surface area contributed by atoms with E-state index >= 15 is 0 Å². The number of hydrogen-bond acceptors (Lipinski definition) is 4. The predicted octanol–water partition coefficient (Wildman–Crippen LogP) is 4.47. The summed E-state index contributed by atoms with van der Waals surface area (Å²) in [7, 11) is -1.39. The van der Waals surface area contributed by atoms with Crippen molar-refractivity contribution in [1.29, 1.82) is 0 Å². The van der Waals surface area contributed by atoms with Crippen LogP contribution in [-0.2, 0) is 29.8 Å². The Bertz CT molecular complexity index is 1150. The summed E-state index contributed by atoms with van der Waals surface area (Å²) in [6.45, 7) is 0. The molecule has 2 heterocycles. The van der Waals surface area contributed by atoms with Gasteiger partial charge in [-0.2, -0.15) is 13.2 Å². The van der Waals surface area contributed by atoms with Gasteiger partial charge >= 0.3 is 6.18 Å². The van der Waals surface area contributed by atoms with E-state index in [9.17, 15) is 22.2 Å². The third-order valence-corrected chi connectivity index (χ3v) is 7.00. The van der Waals surface area contributed by atoms with Crippen LogP contribution >= 0.6 is 11.3 Å². The van der Waals surface area contributed by atoms with Gasteiger partial charge < -0.3 is 0 Å². The first-order valence-corrected chi connectivity index (χ1v) is 11.2. The van der Waals surface area contributed by atoms with E-state index in [4.69, 9.17) is 0 Å². The largest absolute Gasteiger partial charge is 0.450 e. The summed E-state index contributed by atoms with van der Waals surface area (Å²) in [5.74, 6) is -1.25. The molecule has 3 aromatic rings. The second kappa shape index (κ2) is 7.11. The Balaban J connectivity index is 2.07. The molecule has 0 radical (unpaired) electrons. The number of thiophene rings is 1. The molecule has 2 aromatic heterocycles. The van der Waals surface area contributed by atoms with Crippen LogP contribution in [0, 0.1) is 0 Å². The Morgan fingerprint density at radius 2 is 1.93 bits per heavy atom. The zero-order chi connectivity index (χ0) is 20.1. The highest BCUT2D eigenvalue weighted by Crippen LogP contribution is 2.36. The van der Waals surface area contributed by atoms with Crippen LogP contribution in [0.15, 0.2) is 34.0 Å². The van der Waals surface area contributed by atoms with Crippen LogP contribution in [-0.4, -0.2) is 20.0 Å². The number of nitrogens with zero attached hydrogens (tertiary/aromatic N) is 2. The van der Waals surface area contributed by atoms with Crippen LogP contribution in [0.4, 0.5) is 13.2 Å². The maximum atomic E-state index is 13.8. The van der Waals surface area contributed by atoms with E-state index in [1.807, 2.05) is 0 Å². The van der Waals surface area contributed by atoms with Gasteiger partial charge in [0.25, 0.3) is 5.56 Å². The van der Waals surface area contributed by atoms with Crippen LogP contribution in [0.1, 0.15) is 35.5 Å². The molecule has 0 N–H and O–H groups in total. The molecule has 1 aliphatic rings. The third-order valence-electron chi connectivity index (χ3n) is 4.90. The topological polar surface area (TPSA) is 52.0 Å². The SMILES string of the molecule is CS(=O)c1cccc(-n2c(C(F)(F)F)nc3sc4c(c3c2=O)CCCCC4)c1. The Kier molecular flexibility index (Phi) is 4.91. The molecule has 0 saturated heterocycles. The number of benzene rings is 1. The molecule has 148 valence electrons. The summed E-state index contributed by atoms with van der Waals surface area (Å²) >= 11 is 1.20. The fraction of sp³-hybridized carbons (Fsp3) is 0.368. The molecule has 4 rings (SSSR count). The van der Waals surface area contributed by atoms with E-state index in [1.165, 1.54) is 35.8 Å². The summed E-state index contributed by atoms with van der Waals surface area (Å²) in [4.78, 5) is 18.6. The van der Waals surface area contributed by atoms with Crippen molar-refractivity contribution in [1.82, 2.24) is 9.55 Å². The first-order valence-electron chi connectivity index (χ1n) is 8.85. The van der Waals surface area contributed by atoms with Gasteiger partial charge in [-0.15, -0.1) is 11.3 Å². The van der Waals surface area contributed by atoms with E-state index in [0.717, 1.165) is 36.1 Å². The molecular formula is C19H17F3N2O2S2. The smallest absolute Gasteiger partial charge is 0.268 e. The quantitative estimate of drug-likeness (QED) is 0.568. The van der Waals surface area contributed by atoms with Gasteiger partial charge in [0.1, 0.15) is 4.83 Å². The Hall–Kier alpha value is -2.00. The van der Waals surface area contributed by atoms with Crippen LogP contribution in [0.3, 0.4) is 0 Å². The Morgan fingerprint density at radius 1 is 1.18 bits per heavy atom. The highest BCUT2D eigenvalue weighted by molar-refractivity contribution is 7.84. The van der Waals surface area contributed by atoms with Crippen molar-refractivity contribution in [2.75, 3.05) is 6.26 Å². The summed E-state index contributed by atoms with van der Waals surface area (Å²) in [6.07, 6.45) is 0.991. The fourth-order valence-electron chi connectivity index (χ4n) is 3.61. The number of halogens is 3. The first-order chi connectivity index (χ1) is 13.3. The van der Waals surface area contributed by atoms with Crippen LogP contribution in [0.2, 0.25) is 0 Å². The summed E-state index contributed by atoms with van der Waals surface area (Å²) in [5.41, 5.74) is 0.149. The number of aromatic nitrogens is 2. The number of alkyl halides is 3.